The molecule has 4 N–H and O–H groups in total. The molecule has 2 heterocycles. The highest BCUT2D eigenvalue weighted by Crippen LogP contribution is 2.38. The van der Waals surface area contributed by atoms with E-state index in [0.717, 1.165) is 30.6 Å². The van der Waals surface area contributed by atoms with Gasteiger partial charge in [-0.2, -0.15) is 5.10 Å². The zero-order valence-corrected chi connectivity index (χ0v) is 35.5. The van der Waals surface area contributed by atoms with Crippen LogP contribution < -0.4 is 14.2 Å². The van der Waals surface area contributed by atoms with Gasteiger partial charge in [0, 0.05) is 57.8 Å². The van der Waals surface area contributed by atoms with Crippen LogP contribution in [0.4, 0.5) is 0 Å². The highest BCUT2D eigenvalue weighted by Gasteiger charge is 2.23. The second-order valence-electron chi connectivity index (χ2n) is 13.9. The lowest BCUT2D eigenvalue weighted by Gasteiger charge is -2.17. The van der Waals surface area contributed by atoms with Crippen LogP contribution in [-0.4, -0.2) is 107 Å². The molecule has 0 fully saturated rings. The Kier molecular flexibility index (Phi) is 19.4. The van der Waals surface area contributed by atoms with E-state index in [4.69, 9.17) is 65.9 Å². The van der Waals surface area contributed by atoms with Crippen LogP contribution in [0, 0.1) is 0 Å². The molecule has 19 heteroatoms. The number of aryl methyl sites for hydroxylation is 1. The number of methoxy groups -OCH3 is 1. The third-order valence-corrected chi connectivity index (χ3v) is 9.83. The van der Waals surface area contributed by atoms with Gasteiger partial charge in [0.2, 0.25) is 0 Å². The van der Waals surface area contributed by atoms with Gasteiger partial charge in [-0.05, 0) is 68.2 Å². The van der Waals surface area contributed by atoms with Crippen LogP contribution in [0.1, 0.15) is 71.6 Å². The molecular weight excluding hydrogens is 832 g/mol. The summed E-state index contributed by atoms with van der Waals surface area (Å²) in [5, 5.41) is 39.2. The first-order chi connectivity index (χ1) is 30.1. The van der Waals surface area contributed by atoms with Crippen molar-refractivity contribution in [2.75, 3.05) is 53.4 Å². The number of halogens is 1. The van der Waals surface area contributed by atoms with Crippen molar-refractivity contribution in [2.45, 2.75) is 65.0 Å². The van der Waals surface area contributed by atoms with Gasteiger partial charge in [0.15, 0.2) is 0 Å². The molecular formula is C43H53ClN4O14. The monoisotopic (exact) mass is 884 g/mol. The van der Waals surface area contributed by atoms with Crippen molar-refractivity contribution in [3.63, 3.8) is 0 Å². The maximum absolute atomic E-state index is 13.9. The van der Waals surface area contributed by atoms with E-state index < -0.39 is 17.3 Å². The minimum atomic E-state index is -0.609. The molecule has 0 spiro atoms. The Balaban J connectivity index is 1.42. The van der Waals surface area contributed by atoms with Crippen molar-refractivity contribution < 1.29 is 68.5 Å². The fourth-order valence-electron chi connectivity index (χ4n) is 6.57. The van der Waals surface area contributed by atoms with Gasteiger partial charge in [-0.25, -0.2) is 14.4 Å². The molecule has 336 valence electrons. The van der Waals surface area contributed by atoms with Gasteiger partial charge in [-0.3, -0.25) is 30.3 Å². The van der Waals surface area contributed by atoms with Crippen molar-refractivity contribution in [3.05, 3.63) is 99.2 Å². The minimum absolute atomic E-state index is 0.00668. The molecule has 4 aromatic rings. The highest BCUT2D eigenvalue weighted by molar-refractivity contribution is 6.30. The third kappa shape index (κ3) is 14.5. The molecule has 1 aliphatic heterocycles. The first kappa shape index (κ1) is 47.9. The lowest BCUT2D eigenvalue weighted by atomic mass is 9.98. The summed E-state index contributed by atoms with van der Waals surface area (Å²) in [5.74, 6) is 0.607. The summed E-state index contributed by atoms with van der Waals surface area (Å²) in [7, 11) is 1.57. The maximum Gasteiger partial charge on any atom is 0.338 e. The number of esters is 2. The zero-order valence-electron chi connectivity index (χ0n) is 34.7. The van der Waals surface area contributed by atoms with E-state index in [1.54, 1.807) is 55.8 Å². The van der Waals surface area contributed by atoms with E-state index in [1.807, 2.05) is 22.9 Å². The van der Waals surface area contributed by atoms with Gasteiger partial charge >= 0.3 is 11.9 Å². The Morgan fingerprint density at radius 1 is 0.871 bits per heavy atom. The second-order valence-corrected chi connectivity index (χ2v) is 14.4. The normalized spacial score (nSPS) is 12.4. The third-order valence-electron chi connectivity index (χ3n) is 9.60. The number of nitrogens with zero attached hydrogens (tertiary/aromatic N) is 4. The average Bonchev–Trinajstić information content (AvgIpc) is 3.89. The summed E-state index contributed by atoms with van der Waals surface area (Å²) in [6, 6.07) is 16.0. The second kappa shape index (κ2) is 25.1. The van der Waals surface area contributed by atoms with Crippen LogP contribution in [0.15, 0.2) is 66.4 Å². The first-order valence-electron chi connectivity index (χ1n) is 20.2. The van der Waals surface area contributed by atoms with Crippen LogP contribution in [0.25, 0.3) is 17.3 Å². The van der Waals surface area contributed by atoms with Gasteiger partial charge in [0.1, 0.15) is 30.5 Å². The van der Waals surface area contributed by atoms with Gasteiger partial charge in [0.05, 0.1) is 75.0 Å². The number of aromatic nitrogens is 2. The summed E-state index contributed by atoms with van der Waals surface area (Å²) < 4.78 is 36.6. The van der Waals surface area contributed by atoms with Crippen molar-refractivity contribution in [1.82, 2.24) is 20.6 Å². The quantitative estimate of drug-likeness (QED) is 0.0204. The number of unbranched alkanes of at least 4 members (excludes halogenated alkanes) is 3. The van der Waals surface area contributed by atoms with Crippen molar-refractivity contribution >= 4 is 29.6 Å². The number of carbonyl (C=O) groups is 2. The molecule has 0 atom stereocenters. The SMILES string of the molecule is CCCCn1ncc(/C=C(\Cc2cc3c(cc2OC)CCO3)C(=O)OCCOCCON(O)O)c1-c1ccc(Cl)cc1OCc1ccccc1C(=O)OCCCCCON(O)O. The highest BCUT2D eigenvalue weighted by atomic mass is 35.5. The minimum Gasteiger partial charge on any atom is -0.496 e. The van der Waals surface area contributed by atoms with E-state index in [0.29, 0.717) is 82.4 Å². The predicted molar refractivity (Wildman–Crippen MR) is 221 cm³/mol. The number of rotatable bonds is 27. The smallest absolute Gasteiger partial charge is 0.338 e. The predicted octanol–water partition coefficient (Wildman–Crippen LogP) is 7.06. The van der Waals surface area contributed by atoms with Gasteiger partial charge in [-0.15, -0.1) is 0 Å². The topological polar surface area (TPSA) is 213 Å². The molecule has 0 saturated heterocycles. The van der Waals surface area contributed by atoms with E-state index in [1.165, 1.54) is 0 Å². The van der Waals surface area contributed by atoms with Gasteiger partial charge in [0.25, 0.3) is 0 Å². The maximum atomic E-state index is 13.9. The first-order valence-corrected chi connectivity index (χ1v) is 20.6. The van der Waals surface area contributed by atoms with E-state index in [9.17, 15) is 9.59 Å². The number of hydrogen-bond donors (Lipinski definition) is 4. The van der Waals surface area contributed by atoms with E-state index >= 15 is 0 Å². The lowest BCUT2D eigenvalue weighted by molar-refractivity contribution is -0.493. The fourth-order valence-corrected chi connectivity index (χ4v) is 6.74. The van der Waals surface area contributed by atoms with Crippen LogP contribution in [0.5, 0.6) is 17.2 Å². The molecule has 0 bridgehead atoms. The van der Waals surface area contributed by atoms with Crippen molar-refractivity contribution in [2.24, 2.45) is 0 Å². The Labute approximate surface area is 363 Å². The average molecular weight is 885 g/mol. The van der Waals surface area contributed by atoms with Crippen molar-refractivity contribution in [3.8, 4) is 28.5 Å². The summed E-state index contributed by atoms with van der Waals surface area (Å²) >= 11 is 6.56. The Hall–Kier alpha value is -5.12. The molecule has 62 heavy (non-hydrogen) atoms. The number of hydrogen-bond acceptors (Lipinski definition) is 17. The molecule has 0 unspecified atom stereocenters. The Morgan fingerprint density at radius 2 is 1.65 bits per heavy atom. The molecule has 5 rings (SSSR count). The summed E-state index contributed by atoms with van der Waals surface area (Å²) in [5.41, 5.74) is 4.83. The molecule has 3 aromatic carbocycles. The fraction of sp³-hybridized carbons (Fsp3) is 0.419. The van der Waals surface area contributed by atoms with Crippen LogP contribution >= 0.6 is 11.6 Å². The number of ether oxygens (including phenoxy) is 6. The van der Waals surface area contributed by atoms with Crippen LogP contribution in [0.3, 0.4) is 0 Å². The molecule has 0 aliphatic carbocycles. The summed E-state index contributed by atoms with van der Waals surface area (Å²) in [6.07, 6.45) is 7.71. The molecule has 1 aliphatic rings. The summed E-state index contributed by atoms with van der Waals surface area (Å²) in [4.78, 5) is 36.2. The molecule has 1 aromatic heterocycles. The molecule has 0 amide bonds. The van der Waals surface area contributed by atoms with Crippen molar-refractivity contribution in [1.29, 1.82) is 0 Å². The van der Waals surface area contributed by atoms with Crippen LogP contribution in [-0.2, 0) is 54.7 Å². The largest absolute Gasteiger partial charge is 0.496 e. The zero-order chi connectivity index (χ0) is 44.3. The number of carbonyl (C=O) groups excluding carboxylic acids is 2. The molecule has 18 nitrogen and oxygen atoms in total. The number of benzene rings is 3. The van der Waals surface area contributed by atoms with Crippen LogP contribution in [0.2, 0.25) is 5.02 Å². The van der Waals surface area contributed by atoms with E-state index in [-0.39, 0.29) is 63.6 Å². The van der Waals surface area contributed by atoms with Gasteiger partial charge in [-0.1, -0.05) is 43.1 Å². The molecule has 0 saturated carbocycles. The molecule has 0 radical (unpaired) electrons. The summed E-state index contributed by atoms with van der Waals surface area (Å²) in [6.45, 7) is 3.25. The number of fused-ring (bicyclic) bond motifs is 1. The lowest BCUT2D eigenvalue weighted by Crippen LogP contribution is -2.19. The Bertz CT molecular complexity index is 2090. The van der Waals surface area contributed by atoms with Gasteiger partial charge < -0.3 is 28.4 Å². The Morgan fingerprint density at radius 3 is 2.44 bits per heavy atom. The standard InChI is InChI=1S/C43H53ClN4O14/c1-3-4-15-46-41(37-13-12-35(44)27-40(37)60-29-31-10-6-7-11-36(31)43(50)58-16-8-5-9-17-61-47(51)52)34(28-45-46)24-33(42(49)59-21-19-56-20-22-62-48(53)54)23-32-26-39-30(14-18-57-39)25-38(32)55-2/h6-7,10-13,24-28,51-54H,3-5,8-9,14-23,29H2,1-2H3/b33-24+. The van der Waals surface area contributed by atoms with E-state index in [2.05, 4.69) is 16.6 Å².